The highest BCUT2D eigenvalue weighted by Crippen LogP contribution is 2.30. The lowest BCUT2D eigenvalue weighted by atomic mass is 9.81. The fourth-order valence-electron chi connectivity index (χ4n) is 4.12. The van der Waals surface area contributed by atoms with Crippen molar-refractivity contribution < 1.29 is 8.42 Å². The highest BCUT2D eigenvalue weighted by atomic mass is 32.2. The van der Waals surface area contributed by atoms with Gasteiger partial charge in [0.05, 0.1) is 6.26 Å². The first-order chi connectivity index (χ1) is 11.9. The number of hydrogen-bond acceptors (Lipinski definition) is 3. The smallest absolute Gasteiger partial charge is 0.211 e. The van der Waals surface area contributed by atoms with Crippen molar-refractivity contribution in [2.45, 2.75) is 51.9 Å². The Balaban J connectivity index is 1.62. The minimum absolute atomic E-state index is 0.510. The minimum Gasteiger partial charge on any atom is -0.356 e. The van der Waals surface area contributed by atoms with Crippen molar-refractivity contribution in [2.75, 3.05) is 39.5 Å². The Morgan fingerprint density at radius 3 is 2.44 bits per heavy atom. The molecule has 2 fully saturated rings. The van der Waals surface area contributed by atoms with E-state index in [1.807, 2.05) is 7.05 Å². The lowest BCUT2D eigenvalue weighted by Crippen LogP contribution is -2.44. The predicted octanol–water partition coefficient (Wildman–Crippen LogP) is 2.04. The van der Waals surface area contributed by atoms with Crippen LogP contribution in [0.3, 0.4) is 0 Å². The zero-order chi connectivity index (χ0) is 18.3. The van der Waals surface area contributed by atoms with E-state index >= 15 is 0 Å². The number of guanidine groups is 1. The summed E-state index contributed by atoms with van der Waals surface area (Å²) < 4.78 is 24.7. The van der Waals surface area contributed by atoms with Crippen LogP contribution in [0.4, 0.5) is 0 Å². The number of sulfonamides is 1. The van der Waals surface area contributed by atoms with Gasteiger partial charge in [0, 0.05) is 33.2 Å². The number of aliphatic imine (C=N–C) groups is 1. The zero-order valence-corrected chi connectivity index (χ0v) is 16.9. The predicted molar refractivity (Wildman–Crippen MR) is 104 cm³/mol. The summed E-state index contributed by atoms with van der Waals surface area (Å²) in [5.41, 5.74) is 0. The first-order valence-electron chi connectivity index (χ1n) is 9.78. The second-order valence-corrected chi connectivity index (χ2v) is 9.89. The van der Waals surface area contributed by atoms with E-state index in [-0.39, 0.29) is 0 Å². The summed E-state index contributed by atoms with van der Waals surface area (Å²) >= 11 is 0. The van der Waals surface area contributed by atoms with Crippen molar-refractivity contribution in [2.24, 2.45) is 22.7 Å². The van der Waals surface area contributed by atoms with E-state index in [2.05, 4.69) is 22.5 Å². The molecule has 2 aliphatic rings. The van der Waals surface area contributed by atoms with E-state index in [0.29, 0.717) is 19.0 Å². The fraction of sp³-hybridized carbons (Fsp3) is 0.944. The first kappa shape index (κ1) is 20.5. The summed E-state index contributed by atoms with van der Waals surface area (Å²) in [7, 11) is -1.23. The molecule has 6 nitrogen and oxygen atoms in total. The Bertz CT molecular complexity index is 527. The third-order valence-electron chi connectivity index (χ3n) is 5.71. The summed E-state index contributed by atoms with van der Waals surface area (Å²) in [6.45, 7) is 5.48. The van der Waals surface area contributed by atoms with Crippen molar-refractivity contribution in [3.8, 4) is 0 Å². The maximum absolute atomic E-state index is 11.6. The average Bonchev–Trinajstić information content (AvgIpc) is 2.57. The molecule has 146 valence electrons. The van der Waals surface area contributed by atoms with Crippen LogP contribution in [-0.4, -0.2) is 58.2 Å². The van der Waals surface area contributed by atoms with Crippen molar-refractivity contribution in [3.05, 3.63) is 0 Å². The van der Waals surface area contributed by atoms with Gasteiger partial charge in [-0.1, -0.05) is 26.2 Å². The average molecular weight is 373 g/mol. The molecule has 0 bridgehead atoms. The van der Waals surface area contributed by atoms with E-state index in [1.54, 1.807) is 4.31 Å². The van der Waals surface area contributed by atoms with E-state index < -0.39 is 10.0 Å². The molecule has 2 N–H and O–H groups in total. The quantitative estimate of drug-likeness (QED) is 0.553. The maximum atomic E-state index is 11.6. The van der Waals surface area contributed by atoms with Crippen molar-refractivity contribution in [1.29, 1.82) is 0 Å². The molecule has 1 saturated heterocycles. The number of nitrogens with zero attached hydrogens (tertiary/aromatic N) is 2. The van der Waals surface area contributed by atoms with Crippen LogP contribution in [0.25, 0.3) is 0 Å². The molecule has 0 aromatic heterocycles. The Morgan fingerprint density at radius 1 is 1.12 bits per heavy atom. The summed E-state index contributed by atoms with van der Waals surface area (Å²) in [5, 5.41) is 6.85. The number of piperidine rings is 1. The molecule has 0 radical (unpaired) electrons. The van der Waals surface area contributed by atoms with E-state index in [4.69, 9.17) is 0 Å². The van der Waals surface area contributed by atoms with Crippen molar-refractivity contribution in [1.82, 2.24) is 14.9 Å². The lowest BCUT2D eigenvalue weighted by molar-refractivity contribution is 0.269. The van der Waals surface area contributed by atoms with Gasteiger partial charge in [0.15, 0.2) is 5.96 Å². The van der Waals surface area contributed by atoms with Gasteiger partial charge in [-0.15, -0.1) is 0 Å². The molecule has 0 aromatic rings. The Labute approximate surface area is 153 Å². The summed E-state index contributed by atoms with van der Waals surface area (Å²) in [6, 6.07) is 0. The topological polar surface area (TPSA) is 73.8 Å². The van der Waals surface area contributed by atoms with Gasteiger partial charge in [0.1, 0.15) is 0 Å². The molecular formula is C18H36N4O2S. The monoisotopic (exact) mass is 372 g/mol. The van der Waals surface area contributed by atoms with Gasteiger partial charge < -0.3 is 10.6 Å². The third kappa shape index (κ3) is 7.13. The normalized spacial score (nSPS) is 27.2. The van der Waals surface area contributed by atoms with Crippen LogP contribution in [0.2, 0.25) is 0 Å². The molecule has 1 saturated carbocycles. The van der Waals surface area contributed by atoms with E-state index in [0.717, 1.165) is 43.7 Å². The molecular weight excluding hydrogens is 336 g/mol. The van der Waals surface area contributed by atoms with Crippen LogP contribution in [-0.2, 0) is 10.0 Å². The molecule has 0 aromatic carbocycles. The zero-order valence-electron chi connectivity index (χ0n) is 16.1. The van der Waals surface area contributed by atoms with Crippen molar-refractivity contribution >= 4 is 16.0 Å². The second-order valence-electron chi connectivity index (χ2n) is 7.91. The van der Waals surface area contributed by atoms with Gasteiger partial charge in [-0.2, -0.15) is 0 Å². The highest BCUT2D eigenvalue weighted by molar-refractivity contribution is 7.88. The van der Waals surface area contributed by atoms with Gasteiger partial charge in [-0.05, 0) is 43.4 Å². The van der Waals surface area contributed by atoms with Gasteiger partial charge in [-0.3, -0.25) is 4.99 Å². The van der Waals surface area contributed by atoms with Gasteiger partial charge in [-0.25, -0.2) is 12.7 Å². The Hall–Kier alpha value is -0.820. The molecule has 2 atom stereocenters. The minimum atomic E-state index is -3.04. The van der Waals surface area contributed by atoms with Crippen LogP contribution >= 0.6 is 0 Å². The lowest BCUT2D eigenvalue weighted by Gasteiger charge is -2.30. The number of nitrogens with one attached hydrogen (secondary N) is 2. The Kier molecular flexibility index (Phi) is 8.00. The molecule has 0 spiro atoms. The second kappa shape index (κ2) is 9.76. The van der Waals surface area contributed by atoms with E-state index in [9.17, 15) is 8.42 Å². The van der Waals surface area contributed by atoms with Crippen LogP contribution in [0.15, 0.2) is 4.99 Å². The number of rotatable bonds is 6. The van der Waals surface area contributed by atoms with Gasteiger partial charge >= 0.3 is 0 Å². The number of hydrogen-bond donors (Lipinski definition) is 2. The summed E-state index contributed by atoms with van der Waals surface area (Å²) in [6.07, 6.45) is 9.86. The molecule has 2 unspecified atom stereocenters. The molecule has 2 rings (SSSR count). The van der Waals surface area contributed by atoms with Crippen LogP contribution < -0.4 is 10.6 Å². The molecule has 1 heterocycles. The SMILES string of the molecule is CN=C(NCCC1CCCC(C)C1)NCC1CCN(S(C)(=O)=O)CC1. The first-order valence-corrected chi connectivity index (χ1v) is 11.6. The van der Waals surface area contributed by atoms with Crippen LogP contribution in [0.5, 0.6) is 0 Å². The van der Waals surface area contributed by atoms with Crippen LogP contribution in [0, 0.1) is 17.8 Å². The summed E-state index contributed by atoms with van der Waals surface area (Å²) in [4.78, 5) is 4.31. The molecule has 1 aliphatic carbocycles. The fourth-order valence-corrected chi connectivity index (χ4v) is 5.00. The summed E-state index contributed by atoms with van der Waals surface area (Å²) in [5.74, 6) is 3.12. The van der Waals surface area contributed by atoms with Crippen molar-refractivity contribution in [3.63, 3.8) is 0 Å². The maximum Gasteiger partial charge on any atom is 0.211 e. The Morgan fingerprint density at radius 2 is 1.84 bits per heavy atom. The van der Waals surface area contributed by atoms with Gasteiger partial charge in [0.25, 0.3) is 0 Å². The van der Waals surface area contributed by atoms with Gasteiger partial charge in [0.2, 0.25) is 10.0 Å². The third-order valence-corrected chi connectivity index (χ3v) is 7.02. The highest BCUT2D eigenvalue weighted by Gasteiger charge is 2.25. The van der Waals surface area contributed by atoms with E-state index in [1.165, 1.54) is 38.4 Å². The molecule has 7 heteroatoms. The molecule has 1 aliphatic heterocycles. The standard InChI is InChI=1S/C18H36N4O2S/c1-15-5-4-6-16(13-15)7-10-20-18(19-2)21-14-17-8-11-22(12-9-17)25(3,23)24/h15-17H,4-14H2,1-3H3,(H2,19,20,21). The molecule has 25 heavy (non-hydrogen) atoms. The molecule has 0 amide bonds. The van der Waals surface area contributed by atoms with Crippen LogP contribution in [0.1, 0.15) is 51.9 Å². The largest absolute Gasteiger partial charge is 0.356 e.